The molecule has 0 aromatic heterocycles. The third-order valence-electron chi connectivity index (χ3n) is 7.50. The number of methoxy groups -OCH3 is 1. The van der Waals surface area contributed by atoms with Crippen molar-refractivity contribution in [1.29, 1.82) is 0 Å². The van der Waals surface area contributed by atoms with Gasteiger partial charge in [0.2, 0.25) is 0 Å². The summed E-state index contributed by atoms with van der Waals surface area (Å²) in [5, 5.41) is 12.2. The van der Waals surface area contributed by atoms with Crippen LogP contribution in [0, 0.1) is 5.92 Å². The van der Waals surface area contributed by atoms with Crippen LogP contribution in [0.2, 0.25) is 0 Å². The van der Waals surface area contributed by atoms with E-state index in [0.717, 1.165) is 41.2 Å². The van der Waals surface area contributed by atoms with E-state index in [-0.39, 0.29) is 23.8 Å². The number of aliphatic hydroxyl groups is 1. The Morgan fingerprint density at radius 1 is 0.891 bits per heavy atom. The molecule has 0 fully saturated rings. The average molecular weight is 628 g/mol. The lowest BCUT2D eigenvalue weighted by molar-refractivity contribution is -0.138. The molecule has 0 spiro atoms. The van der Waals surface area contributed by atoms with Gasteiger partial charge in [0.25, 0.3) is 0 Å². The van der Waals surface area contributed by atoms with Crippen molar-refractivity contribution in [2.24, 2.45) is 5.92 Å². The zero-order valence-electron chi connectivity index (χ0n) is 25.5. The first-order chi connectivity index (χ1) is 22.0. The summed E-state index contributed by atoms with van der Waals surface area (Å²) in [5.41, 5.74) is 4.13. The first kappa shape index (κ1) is 33.6. The van der Waals surface area contributed by atoms with Crippen molar-refractivity contribution in [1.82, 2.24) is 5.32 Å². The molecule has 0 bridgehead atoms. The Hall–Kier alpha value is -5.24. The lowest BCUT2D eigenvalue weighted by Gasteiger charge is -2.16. The fourth-order valence-corrected chi connectivity index (χ4v) is 4.94. The van der Waals surface area contributed by atoms with E-state index >= 15 is 0 Å². The zero-order chi connectivity index (χ0) is 33.1. The SMILES string of the molecule is C=C(O)c1ccc(CCC(/C=C/c2ccccc2OCc2ccccc2C(F)(F)F)Cc2ccc(C(=C)NC(=O)OC)cc2)cc1. The van der Waals surface area contributed by atoms with Crippen LogP contribution in [0.15, 0.2) is 116 Å². The van der Waals surface area contributed by atoms with Gasteiger partial charge < -0.3 is 14.6 Å². The quantitative estimate of drug-likeness (QED) is 0.145. The van der Waals surface area contributed by atoms with Gasteiger partial charge in [0.15, 0.2) is 0 Å². The van der Waals surface area contributed by atoms with Crippen molar-refractivity contribution in [3.63, 3.8) is 0 Å². The smallest absolute Gasteiger partial charge is 0.416 e. The van der Waals surface area contributed by atoms with E-state index < -0.39 is 17.8 Å². The standard InChI is InChI=1S/C38H36F3NO4/c1-26(42-37(44)45-3)31-19-16-30(17-20-31)24-29(13-12-28-14-21-32(22-15-28)27(2)43)18-23-33-8-5-7-11-36(33)46-25-34-9-4-6-10-35(34)38(39,40)41/h4-11,14-23,29,43H,1-2,12-13,24-25H2,3H3,(H,42,44)/b23-18+. The van der Waals surface area contributed by atoms with Gasteiger partial charge >= 0.3 is 12.3 Å². The minimum atomic E-state index is -4.47. The van der Waals surface area contributed by atoms with E-state index in [4.69, 9.17) is 4.74 Å². The molecule has 2 N–H and O–H groups in total. The molecule has 0 radical (unpaired) electrons. The van der Waals surface area contributed by atoms with Gasteiger partial charge in [0, 0.05) is 22.4 Å². The van der Waals surface area contributed by atoms with Crippen LogP contribution >= 0.6 is 0 Å². The van der Waals surface area contributed by atoms with Gasteiger partial charge in [0.05, 0.1) is 12.7 Å². The van der Waals surface area contributed by atoms with Gasteiger partial charge in [-0.3, -0.25) is 5.32 Å². The molecular weight excluding hydrogens is 591 g/mol. The summed E-state index contributed by atoms with van der Waals surface area (Å²) >= 11 is 0. The number of carbonyl (C=O) groups is 1. The predicted molar refractivity (Wildman–Crippen MR) is 176 cm³/mol. The van der Waals surface area contributed by atoms with Crippen molar-refractivity contribution < 1.29 is 32.5 Å². The highest BCUT2D eigenvalue weighted by atomic mass is 19.4. The molecule has 5 nitrogen and oxygen atoms in total. The highest BCUT2D eigenvalue weighted by molar-refractivity contribution is 5.80. The molecule has 4 aromatic carbocycles. The first-order valence-corrected chi connectivity index (χ1v) is 14.7. The molecule has 0 aliphatic rings. The van der Waals surface area contributed by atoms with Gasteiger partial charge in [-0.1, -0.05) is 110 Å². The van der Waals surface area contributed by atoms with Crippen LogP contribution in [-0.4, -0.2) is 18.3 Å². The number of amides is 1. The van der Waals surface area contributed by atoms with E-state index in [0.29, 0.717) is 23.4 Å². The molecule has 0 aliphatic carbocycles. The summed E-state index contributed by atoms with van der Waals surface area (Å²) in [4.78, 5) is 11.6. The fraction of sp³-hybridized carbons (Fsp3) is 0.184. The summed E-state index contributed by atoms with van der Waals surface area (Å²) in [6.45, 7) is 7.25. The minimum absolute atomic E-state index is 0.0167. The number of alkyl carbamates (subject to hydrolysis) is 1. The molecule has 0 saturated heterocycles. The molecule has 238 valence electrons. The van der Waals surface area contributed by atoms with Crippen molar-refractivity contribution in [3.8, 4) is 5.75 Å². The Morgan fingerprint density at radius 2 is 1.52 bits per heavy atom. The minimum Gasteiger partial charge on any atom is -0.508 e. The number of nitrogens with one attached hydrogen (secondary N) is 1. The van der Waals surface area contributed by atoms with Gasteiger partial charge in [-0.25, -0.2) is 4.79 Å². The topological polar surface area (TPSA) is 67.8 Å². The molecule has 1 atom stereocenters. The number of benzene rings is 4. The van der Waals surface area contributed by atoms with Crippen LogP contribution in [0.4, 0.5) is 18.0 Å². The molecule has 0 aliphatic heterocycles. The van der Waals surface area contributed by atoms with Crippen molar-refractivity contribution in [2.75, 3.05) is 7.11 Å². The Bertz CT molecular complexity index is 1680. The number of aliphatic hydroxyl groups excluding tert-OH is 1. The first-order valence-electron chi connectivity index (χ1n) is 14.7. The maximum atomic E-state index is 13.5. The second-order valence-electron chi connectivity index (χ2n) is 10.8. The summed E-state index contributed by atoms with van der Waals surface area (Å²) in [5.74, 6) is 0.590. The van der Waals surface area contributed by atoms with E-state index in [1.54, 1.807) is 18.2 Å². The van der Waals surface area contributed by atoms with Crippen LogP contribution in [0.3, 0.4) is 0 Å². The zero-order valence-corrected chi connectivity index (χ0v) is 25.5. The number of hydrogen-bond acceptors (Lipinski definition) is 4. The second-order valence-corrected chi connectivity index (χ2v) is 10.8. The monoisotopic (exact) mass is 627 g/mol. The average Bonchev–Trinajstić information content (AvgIpc) is 3.05. The van der Waals surface area contributed by atoms with Crippen LogP contribution in [0.1, 0.15) is 45.4 Å². The molecule has 46 heavy (non-hydrogen) atoms. The van der Waals surface area contributed by atoms with Crippen LogP contribution in [0.5, 0.6) is 5.75 Å². The van der Waals surface area contributed by atoms with Crippen LogP contribution < -0.4 is 10.1 Å². The third-order valence-corrected chi connectivity index (χ3v) is 7.50. The van der Waals surface area contributed by atoms with Crippen molar-refractivity contribution in [2.45, 2.75) is 32.0 Å². The van der Waals surface area contributed by atoms with Crippen LogP contribution in [0.25, 0.3) is 17.5 Å². The van der Waals surface area contributed by atoms with Gasteiger partial charge in [-0.05, 0) is 54.0 Å². The highest BCUT2D eigenvalue weighted by Gasteiger charge is 2.33. The number of alkyl halides is 3. The summed E-state index contributed by atoms with van der Waals surface area (Å²) < 4.78 is 51.1. The molecular formula is C38H36F3NO4. The molecule has 1 unspecified atom stereocenters. The molecule has 4 aromatic rings. The summed E-state index contributed by atoms with van der Waals surface area (Å²) in [7, 11) is 1.29. The third kappa shape index (κ3) is 9.63. The van der Waals surface area contributed by atoms with Gasteiger partial charge in [-0.2, -0.15) is 13.2 Å². The maximum Gasteiger partial charge on any atom is 0.416 e. The molecule has 8 heteroatoms. The molecule has 0 heterocycles. The van der Waals surface area contributed by atoms with Gasteiger partial charge in [-0.15, -0.1) is 0 Å². The lowest BCUT2D eigenvalue weighted by atomic mass is 9.91. The molecule has 1 amide bonds. The van der Waals surface area contributed by atoms with E-state index in [1.807, 2.05) is 66.7 Å². The van der Waals surface area contributed by atoms with E-state index in [1.165, 1.54) is 19.2 Å². The highest BCUT2D eigenvalue weighted by Crippen LogP contribution is 2.33. The number of allylic oxidation sites excluding steroid dienone is 1. The normalized spacial score (nSPS) is 12.0. The van der Waals surface area contributed by atoms with E-state index in [2.05, 4.69) is 29.3 Å². The number of hydrogen-bond donors (Lipinski definition) is 2. The number of para-hydroxylation sites is 1. The summed E-state index contributed by atoms with van der Waals surface area (Å²) in [6, 6.07) is 28.0. The Balaban J connectivity index is 1.53. The van der Waals surface area contributed by atoms with Crippen molar-refractivity contribution >= 4 is 23.6 Å². The molecule has 4 rings (SSSR count). The lowest BCUT2D eigenvalue weighted by Crippen LogP contribution is -2.20. The summed E-state index contributed by atoms with van der Waals surface area (Å²) in [6.07, 6.45) is 1.27. The maximum absolute atomic E-state index is 13.5. The Labute approximate surface area is 267 Å². The van der Waals surface area contributed by atoms with E-state index in [9.17, 15) is 23.1 Å². The van der Waals surface area contributed by atoms with Crippen LogP contribution in [-0.2, 0) is 30.4 Å². The van der Waals surface area contributed by atoms with Crippen molar-refractivity contribution in [3.05, 3.63) is 155 Å². The number of carbonyl (C=O) groups excluding carboxylic acids is 1. The fourth-order valence-electron chi connectivity index (χ4n) is 4.94. The van der Waals surface area contributed by atoms with Gasteiger partial charge in [0.1, 0.15) is 18.1 Å². The largest absolute Gasteiger partial charge is 0.508 e. The Kier molecular flexibility index (Phi) is 11.5. The number of rotatable bonds is 13. The number of ether oxygens (including phenoxy) is 2. The number of aryl methyl sites for hydroxylation is 1. The molecule has 0 saturated carbocycles. The Morgan fingerprint density at radius 3 is 2.20 bits per heavy atom. The number of halogens is 3. The predicted octanol–water partition coefficient (Wildman–Crippen LogP) is 9.64. The second kappa shape index (κ2) is 15.7.